The molecule has 0 spiro atoms. The Balaban J connectivity index is 2.35. The van der Waals surface area contributed by atoms with Gasteiger partial charge in [0.2, 0.25) is 0 Å². The largest absolute Gasteiger partial charge is 0.379 e. The first kappa shape index (κ1) is 15.3. The van der Waals surface area contributed by atoms with Crippen LogP contribution in [0.4, 0.5) is 0 Å². The molecular formula is C13H28N2OS. The average Bonchev–Trinajstić information content (AvgIpc) is 2.36. The van der Waals surface area contributed by atoms with E-state index in [0.29, 0.717) is 18.1 Å². The van der Waals surface area contributed by atoms with Gasteiger partial charge in [0, 0.05) is 30.4 Å². The van der Waals surface area contributed by atoms with Crippen LogP contribution in [0.25, 0.3) is 0 Å². The fourth-order valence-electron chi connectivity index (χ4n) is 2.42. The third-order valence-corrected chi connectivity index (χ3v) is 4.44. The maximum Gasteiger partial charge on any atom is 0.0620 e. The molecule has 1 heterocycles. The van der Waals surface area contributed by atoms with Crippen LogP contribution < -0.4 is 5.32 Å². The van der Waals surface area contributed by atoms with Crippen molar-refractivity contribution in [3.63, 3.8) is 0 Å². The molecule has 1 fully saturated rings. The van der Waals surface area contributed by atoms with Crippen molar-refractivity contribution in [3.05, 3.63) is 0 Å². The normalized spacial score (nSPS) is 24.9. The molecule has 1 rings (SSSR count). The third-order valence-electron chi connectivity index (χ3n) is 3.73. The lowest BCUT2D eigenvalue weighted by atomic mass is 10.1. The molecule has 0 saturated carbocycles. The van der Waals surface area contributed by atoms with E-state index in [-0.39, 0.29) is 0 Å². The Hall–Kier alpha value is 0.230. The highest BCUT2D eigenvalue weighted by Crippen LogP contribution is 2.15. The maximum absolute atomic E-state index is 5.51. The van der Waals surface area contributed by atoms with Crippen molar-refractivity contribution in [1.82, 2.24) is 10.2 Å². The number of nitrogens with zero attached hydrogens (tertiary/aromatic N) is 1. The minimum absolute atomic E-state index is 0.535. The van der Waals surface area contributed by atoms with E-state index in [9.17, 15) is 0 Å². The van der Waals surface area contributed by atoms with Crippen LogP contribution in [-0.4, -0.2) is 61.8 Å². The number of hydrogen-bond donors (Lipinski definition) is 1. The minimum atomic E-state index is 0.535. The average molecular weight is 260 g/mol. The third kappa shape index (κ3) is 5.16. The zero-order valence-electron chi connectivity index (χ0n) is 11.7. The van der Waals surface area contributed by atoms with Crippen LogP contribution in [0.1, 0.15) is 26.7 Å². The molecule has 1 saturated heterocycles. The molecule has 0 bridgehead atoms. The van der Waals surface area contributed by atoms with Crippen LogP contribution in [0, 0.1) is 0 Å². The van der Waals surface area contributed by atoms with Gasteiger partial charge in [0.15, 0.2) is 0 Å². The highest BCUT2D eigenvalue weighted by atomic mass is 32.2. The molecule has 3 nitrogen and oxygen atoms in total. The Kier molecular flexibility index (Phi) is 7.51. The lowest BCUT2D eigenvalue weighted by molar-refractivity contribution is 0.0609. The van der Waals surface area contributed by atoms with Crippen molar-refractivity contribution in [3.8, 4) is 0 Å². The zero-order valence-corrected chi connectivity index (χ0v) is 12.6. The highest BCUT2D eigenvalue weighted by molar-refractivity contribution is 7.98. The van der Waals surface area contributed by atoms with Crippen LogP contribution in [-0.2, 0) is 4.74 Å². The lowest BCUT2D eigenvalue weighted by Gasteiger charge is -2.35. The number of rotatable bonds is 7. The fourth-order valence-corrected chi connectivity index (χ4v) is 3.28. The van der Waals surface area contributed by atoms with E-state index in [4.69, 9.17) is 4.74 Å². The van der Waals surface area contributed by atoms with E-state index >= 15 is 0 Å². The second kappa shape index (κ2) is 8.35. The van der Waals surface area contributed by atoms with Gasteiger partial charge in [-0.1, -0.05) is 6.92 Å². The minimum Gasteiger partial charge on any atom is -0.379 e. The molecule has 0 radical (unpaired) electrons. The summed E-state index contributed by atoms with van der Waals surface area (Å²) < 4.78 is 5.51. The molecule has 102 valence electrons. The molecule has 17 heavy (non-hydrogen) atoms. The number of morpholine rings is 1. The van der Waals surface area contributed by atoms with E-state index in [0.717, 1.165) is 19.8 Å². The molecule has 4 heteroatoms. The van der Waals surface area contributed by atoms with E-state index in [1.165, 1.54) is 18.6 Å². The van der Waals surface area contributed by atoms with Gasteiger partial charge in [-0.15, -0.1) is 0 Å². The van der Waals surface area contributed by atoms with E-state index < -0.39 is 0 Å². The van der Waals surface area contributed by atoms with Crippen LogP contribution in [0.5, 0.6) is 0 Å². The molecule has 3 unspecified atom stereocenters. The Labute approximate surface area is 111 Å². The van der Waals surface area contributed by atoms with Gasteiger partial charge in [-0.2, -0.15) is 11.8 Å². The SMILES string of the molecule is CCC(CSC)N(C)C(C)CC1COCCN1. The first-order chi connectivity index (χ1) is 8.19. The summed E-state index contributed by atoms with van der Waals surface area (Å²) in [5.41, 5.74) is 0. The van der Waals surface area contributed by atoms with Crippen molar-refractivity contribution in [1.29, 1.82) is 0 Å². The van der Waals surface area contributed by atoms with Crippen molar-refractivity contribution in [2.45, 2.75) is 44.8 Å². The smallest absolute Gasteiger partial charge is 0.0620 e. The molecule has 1 aliphatic heterocycles. The van der Waals surface area contributed by atoms with Crippen molar-refractivity contribution in [2.75, 3.05) is 38.8 Å². The van der Waals surface area contributed by atoms with Gasteiger partial charge in [-0.25, -0.2) is 0 Å². The summed E-state index contributed by atoms with van der Waals surface area (Å²) >= 11 is 1.94. The molecule has 0 amide bonds. The highest BCUT2D eigenvalue weighted by Gasteiger charge is 2.22. The number of hydrogen-bond acceptors (Lipinski definition) is 4. The van der Waals surface area contributed by atoms with Gasteiger partial charge in [-0.3, -0.25) is 4.90 Å². The van der Waals surface area contributed by atoms with Gasteiger partial charge in [0.25, 0.3) is 0 Å². The summed E-state index contributed by atoms with van der Waals surface area (Å²) in [7, 11) is 2.26. The zero-order chi connectivity index (χ0) is 12.7. The summed E-state index contributed by atoms with van der Waals surface area (Å²) in [5, 5.41) is 3.54. The number of nitrogens with one attached hydrogen (secondary N) is 1. The summed E-state index contributed by atoms with van der Waals surface area (Å²) in [6, 6.07) is 1.85. The molecule has 0 aromatic heterocycles. The van der Waals surface area contributed by atoms with Crippen LogP contribution in [0.2, 0.25) is 0 Å². The summed E-state index contributed by atoms with van der Waals surface area (Å²) in [6.07, 6.45) is 4.61. The molecule has 1 N–H and O–H groups in total. The quantitative estimate of drug-likeness (QED) is 0.755. The predicted molar refractivity (Wildman–Crippen MR) is 76.9 cm³/mol. The lowest BCUT2D eigenvalue weighted by Crippen LogP contribution is -2.47. The van der Waals surface area contributed by atoms with Crippen molar-refractivity contribution < 1.29 is 4.74 Å². The molecule has 0 aromatic rings. The molecule has 1 aliphatic rings. The second-order valence-corrected chi connectivity index (χ2v) is 5.90. The second-order valence-electron chi connectivity index (χ2n) is 4.99. The van der Waals surface area contributed by atoms with Crippen LogP contribution in [0.15, 0.2) is 0 Å². The van der Waals surface area contributed by atoms with Crippen LogP contribution in [0.3, 0.4) is 0 Å². The number of ether oxygens (including phenoxy) is 1. The first-order valence-corrected chi connectivity index (χ1v) is 8.10. The van der Waals surface area contributed by atoms with Crippen molar-refractivity contribution >= 4 is 11.8 Å². The molecule has 0 aromatic carbocycles. The van der Waals surface area contributed by atoms with Gasteiger partial charge in [-0.05, 0) is 33.1 Å². The van der Waals surface area contributed by atoms with E-state index in [2.05, 4.69) is 37.4 Å². The van der Waals surface area contributed by atoms with Crippen molar-refractivity contribution in [2.24, 2.45) is 0 Å². The van der Waals surface area contributed by atoms with E-state index in [1.807, 2.05) is 11.8 Å². The van der Waals surface area contributed by atoms with E-state index in [1.54, 1.807) is 0 Å². The van der Waals surface area contributed by atoms with Gasteiger partial charge in [0.1, 0.15) is 0 Å². The summed E-state index contributed by atoms with van der Waals surface area (Å²) in [6.45, 7) is 7.36. The maximum atomic E-state index is 5.51. The topological polar surface area (TPSA) is 24.5 Å². The Morgan fingerprint density at radius 3 is 2.82 bits per heavy atom. The Morgan fingerprint density at radius 1 is 1.53 bits per heavy atom. The molecule has 0 aliphatic carbocycles. The molecule has 3 atom stereocenters. The van der Waals surface area contributed by atoms with Gasteiger partial charge < -0.3 is 10.1 Å². The molecular weight excluding hydrogens is 232 g/mol. The Bertz CT molecular complexity index is 198. The van der Waals surface area contributed by atoms with Gasteiger partial charge in [0.05, 0.1) is 13.2 Å². The fraction of sp³-hybridized carbons (Fsp3) is 1.00. The summed E-state index contributed by atoms with van der Waals surface area (Å²) in [5.74, 6) is 1.23. The monoisotopic (exact) mass is 260 g/mol. The summed E-state index contributed by atoms with van der Waals surface area (Å²) in [4.78, 5) is 2.53. The number of thioether (sulfide) groups is 1. The Morgan fingerprint density at radius 2 is 2.29 bits per heavy atom. The standard InChI is InChI=1S/C13H28N2OS/c1-5-13(10-17-4)15(3)11(2)8-12-9-16-7-6-14-12/h11-14H,5-10H2,1-4H3. The first-order valence-electron chi connectivity index (χ1n) is 6.71. The predicted octanol–water partition coefficient (Wildman–Crippen LogP) is 1.83. The van der Waals surface area contributed by atoms with Crippen LogP contribution >= 0.6 is 11.8 Å². The van der Waals surface area contributed by atoms with Gasteiger partial charge >= 0.3 is 0 Å².